The van der Waals surface area contributed by atoms with Gasteiger partial charge in [-0.05, 0) is 60.2 Å². The van der Waals surface area contributed by atoms with Gasteiger partial charge >= 0.3 is 0 Å². The van der Waals surface area contributed by atoms with Crippen LogP contribution in [0.15, 0.2) is 54.6 Å². The summed E-state index contributed by atoms with van der Waals surface area (Å²) in [6.07, 6.45) is 3.97. The predicted octanol–water partition coefficient (Wildman–Crippen LogP) is 3.83. The highest BCUT2D eigenvalue weighted by Crippen LogP contribution is 2.28. The topological polar surface area (TPSA) is 32.3 Å². The van der Waals surface area contributed by atoms with Gasteiger partial charge in [-0.2, -0.15) is 0 Å². The molecule has 0 unspecified atom stereocenters. The minimum Gasteiger partial charge on any atom is -0.335 e. The fraction of sp³-hybridized carbons (Fsp3) is 0.318. The molecular formula is C22H23FN2O. The fourth-order valence-corrected chi connectivity index (χ4v) is 3.92. The average Bonchev–Trinajstić information content (AvgIpc) is 3.23. The fourth-order valence-electron chi connectivity index (χ4n) is 3.92. The Bertz CT molecular complexity index is 822. The van der Waals surface area contributed by atoms with Gasteiger partial charge in [0.05, 0.1) is 0 Å². The number of hydrogen-bond donors (Lipinski definition) is 1. The molecule has 0 radical (unpaired) electrons. The molecule has 0 spiro atoms. The molecule has 26 heavy (non-hydrogen) atoms. The van der Waals surface area contributed by atoms with Crippen LogP contribution in [0.2, 0.25) is 0 Å². The van der Waals surface area contributed by atoms with Gasteiger partial charge in [-0.15, -0.1) is 0 Å². The van der Waals surface area contributed by atoms with Crippen molar-refractivity contribution in [3.05, 3.63) is 77.1 Å². The van der Waals surface area contributed by atoms with Gasteiger partial charge in [-0.3, -0.25) is 4.79 Å². The van der Waals surface area contributed by atoms with E-state index in [1.54, 1.807) is 12.1 Å². The van der Waals surface area contributed by atoms with Crippen LogP contribution in [0, 0.1) is 5.82 Å². The highest BCUT2D eigenvalue weighted by molar-refractivity contribution is 5.96. The predicted molar refractivity (Wildman–Crippen MR) is 102 cm³/mol. The van der Waals surface area contributed by atoms with Gasteiger partial charge < -0.3 is 10.2 Å². The Kier molecular flexibility index (Phi) is 4.85. The van der Waals surface area contributed by atoms with E-state index < -0.39 is 0 Å². The molecule has 0 aromatic heterocycles. The van der Waals surface area contributed by atoms with E-state index in [4.69, 9.17) is 0 Å². The number of nitrogens with zero attached hydrogens (tertiary/aromatic N) is 1. The molecule has 1 N–H and O–H groups in total. The summed E-state index contributed by atoms with van der Waals surface area (Å²) in [6, 6.07) is 14.6. The van der Waals surface area contributed by atoms with Gasteiger partial charge in [0.25, 0.3) is 5.91 Å². The molecule has 2 aromatic carbocycles. The maximum Gasteiger partial charge on any atom is 0.254 e. The molecule has 2 heterocycles. The van der Waals surface area contributed by atoms with Crippen LogP contribution in [-0.4, -0.2) is 37.0 Å². The average molecular weight is 350 g/mol. The van der Waals surface area contributed by atoms with Gasteiger partial charge in [0.15, 0.2) is 0 Å². The Morgan fingerprint density at radius 2 is 1.92 bits per heavy atom. The summed E-state index contributed by atoms with van der Waals surface area (Å²) < 4.78 is 13.1. The first-order valence-corrected chi connectivity index (χ1v) is 9.26. The minimum absolute atomic E-state index is 0.113. The van der Waals surface area contributed by atoms with Crippen LogP contribution in [0.5, 0.6) is 0 Å². The smallest absolute Gasteiger partial charge is 0.254 e. The van der Waals surface area contributed by atoms with Crippen LogP contribution in [0.3, 0.4) is 0 Å². The molecule has 1 amide bonds. The standard InChI is InChI=1S/C22H23FN2O/c23-19-7-5-16(6-8-19)17-10-13-25(14-11-17)22(26)21-4-2-1-3-20(21)18-9-12-24-15-18/h1-8,10,18,24H,9,11-15H2/t18-/m1/s1. The molecule has 4 rings (SSSR count). The van der Waals surface area contributed by atoms with Crippen molar-refractivity contribution in [2.24, 2.45) is 0 Å². The summed E-state index contributed by atoms with van der Waals surface area (Å²) in [5.41, 5.74) is 4.22. The largest absolute Gasteiger partial charge is 0.335 e. The monoisotopic (exact) mass is 350 g/mol. The molecule has 0 aliphatic carbocycles. The first-order valence-electron chi connectivity index (χ1n) is 9.26. The van der Waals surface area contributed by atoms with E-state index in [2.05, 4.69) is 17.5 Å². The Balaban J connectivity index is 1.51. The zero-order valence-electron chi connectivity index (χ0n) is 14.7. The molecule has 134 valence electrons. The van der Waals surface area contributed by atoms with E-state index in [1.807, 2.05) is 23.1 Å². The third-order valence-corrected chi connectivity index (χ3v) is 5.40. The normalized spacial score (nSPS) is 20.1. The van der Waals surface area contributed by atoms with Crippen LogP contribution in [0.25, 0.3) is 5.57 Å². The number of amides is 1. The Hall–Kier alpha value is -2.46. The lowest BCUT2D eigenvalue weighted by Gasteiger charge is -2.28. The quantitative estimate of drug-likeness (QED) is 0.912. The van der Waals surface area contributed by atoms with E-state index >= 15 is 0 Å². The van der Waals surface area contributed by atoms with Crippen LogP contribution >= 0.6 is 0 Å². The van der Waals surface area contributed by atoms with Gasteiger partial charge in [0.2, 0.25) is 0 Å². The molecule has 0 bridgehead atoms. The first-order chi connectivity index (χ1) is 12.7. The number of rotatable bonds is 3. The summed E-state index contributed by atoms with van der Waals surface area (Å²) in [5.74, 6) is 0.312. The minimum atomic E-state index is -0.222. The molecule has 1 saturated heterocycles. The highest BCUT2D eigenvalue weighted by Gasteiger charge is 2.25. The van der Waals surface area contributed by atoms with Crippen molar-refractivity contribution >= 4 is 11.5 Å². The highest BCUT2D eigenvalue weighted by atomic mass is 19.1. The molecule has 0 saturated carbocycles. The lowest BCUT2D eigenvalue weighted by molar-refractivity contribution is 0.0771. The molecule has 4 heteroatoms. The van der Waals surface area contributed by atoms with Crippen LogP contribution in [0.4, 0.5) is 4.39 Å². The van der Waals surface area contributed by atoms with Crippen molar-refractivity contribution in [1.29, 1.82) is 0 Å². The van der Waals surface area contributed by atoms with Crippen molar-refractivity contribution < 1.29 is 9.18 Å². The van der Waals surface area contributed by atoms with Gasteiger partial charge in [-0.1, -0.05) is 36.4 Å². The third-order valence-electron chi connectivity index (χ3n) is 5.40. The van der Waals surface area contributed by atoms with Gasteiger partial charge in [0.1, 0.15) is 5.82 Å². The summed E-state index contributed by atoms with van der Waals surface area (Å²) in [4.78, 5) is 15.0. The van der Waals surface area contributed by atoms with Crippen molar-refractivity contribution in [3.63, 3.8) is 0 Å². The van der Waals surface area contributed by atoms with Crippen molar-refractivity contribution in [1.82, 2.24) is 10.2 Å². The van der Waals surface area contributed by atoms with Crippen molar-refractivity contribution in [2.45, 2.75) is 18.8 Å². The summed E-state index contributed by atoms with van der Waals surface area (Å²) in [5, 5.41) is 3.38. The lowest BCUT2D eigenvalue weighted by atomic mass is 9.92. The Morgan fingerprint density at radius 1 is 1.12 bits per heavy atom. The zero-order chi connectivity index (χ0) is 17.9. The number of carbonyl (C=O) groups excluding carboxylic acids is 1. The van der Waals surface area contributed by atoms with Crippen LogP contribution in [-0.2, 0) is 0 Å². The third kappa shape index (κ3) is 3.42. The molecule has 3 nitrogen and oxygen atoms in total. The lowest BCUT2D eigenvalue weighted by Crippen LogP contribution is -2.35. The molecule has 1 fully saturated rings. The van der Waals surface area contributed by atoms with Crippen LogP contribution < -0.4 is 5.32 Å². The van der Waals surface area contributed by atoms with Crippen molar-refractivity contribution in [3.8, 4) is 0 Å². The molecule has 2 aromatic rings. The second-order valence-electron chi connectivity index (χ2n) is 7.01. The van der Waals surface area contributed by atoms with Gasteiger partial charge in [0, 0.05) is 25.2 Å². The van der Waals surface area contributed by atoms with E-state index in [9.17, 15) is 9.18 Å². The zero-order valence-corrected chi connectivity index (χ0v) is 14.7. The first kappa shape index (κ1) is 17.0. The molecule has 2 aliphatic rings. The number of halogens is 1. The summed E-state index contributed by atoms with van der Waals surface area (Å²) in [6.45, 7) is 3.25. The second-order valence-corrected chi connectivity index (χ2v) is 7.01. The number of hydrogen-bond acceptors (Lipinski definition) is 2. The number of carbonyl (C=O) groups is 1. The Morgan fingerprint density at radius 3 is 2.62 bits per heavy atom. The van der Waals surface area contributed by atoms with Crippen molar-refractivity contribution in [2.75, 3.05) is 26.2 Å². The summed E-state index contributed by atoms with van der Waals surface area (Å²) in [7, 11) is 0. The summed E-state index contributed by atoms with van der Waals surface area (Å²) >= 11 is 0. The second kappa shape index (κ2) is 7.42. The van der Waals surface area contributed by atoms with E-state index in [0.29, 0.717) is 19.0 Å². The number of benzene rings is 2. The molecule has 2 aliphatic heterocycles. The van der Waals surface area contributed by atoms with E-state index in [-0.39, 0.29) is 11.7 Å². The number of nitrogens with one attached hydrogen (secondary N) is 1. The maximum absolute atomic E-state index is 13.1. The Labute approximate surface area is 153 Å². The molecule has 1 atom stereocenters. The van der Waals surface area contributed by atoms with E-state index in [1.165, 1.54) is 17.7 Å². The van der Waals surface area contributed by atoms with Crippen LogP contribution in [0.1, 0.15) is 40.2 Å². The molecular weight excluding hydrogens is 327 g/mol. The maximum atomic E-state index is 13.1. The van der Waals surface area contributed by atoms with Gasteiger partial charge in [-0.25, -0.2) is 4.39 Å². The SMILES string of the molecule is O=C(c1ccccc1[C@@H]1CCNC1)N1CC=C(c2ccc(F)cc2)CC1. The van der Waals surface area contributed by atoms with E-state index in [0.717, 1.165) is 42.6 Å².